The van der Waals surface area contributed by atoms with Crippen molar-refractivity contribution in [1.82, 2.24) is 5.32 Å². The van der Waals surface area contributed by atoms with Crippen LogP contribution in [-0.2, 0) is 11.2 Å². The number of amides is 1. The van der Waals surface area contributed by atoms with Crippen LogP contribution in [0.3, 0.4) is 0 Å². The van der Waals surface area contributed by atoms with E-state index < -0.39 is 0 Å². The van der Waals surface area contributed by atoms with Crippen LogP contribution in [0.15, 0.2) is 24.3 Å². The van der Waals surface area contributed by atoms with Gasteiger partial charge in [-0.15, -0.1) is 0 Å². The maximum Gasteiger partial charge on any atom is 0.224 e. The zero-order valence-electron chi connectivity index (χ0n) is 10.2. The first-order chi connectivity index (χ1) is 8.69. The third kappa shape index (κ3) is 3.29. The van der Waals surface area contributed by atoms with Crippen LogP contribution in [0.4, 0.5) is 4.39 Å². The third-order valence-electron chi connectivity index (χ3n) is 3.52. The van der Waals surface area contributed by atoms with Gasteiger partial charge in [0.05, 0.1) is 6.42 Å². The molecule has 0 saturated heterocycles. The summed E-state index contributed by atoms with van der Waals surface area (Å²) in [4.78, 5) is 11.8. The predicted octanol–water partition coefficient (Wildman–Crippen LogP) is 1.65. The van der Waals surface area contributed by atoms with E-state index >= 15 is 0 Å². The number of rotatable bonds is 4. The van der Waals surface area contributed by atoms with Gasteiger partial charge in [0.15, 0.2) is 0 Å². The molecule has 1 aliphatic rings. The second kappa shape index (κ2) is 5.96. The number of aliphatic hydroxyl groups excluding tert-OH is 1. The summed E-state index contributed by atoms with van der Waals surface area (Å²) in [6, 6.07) is 6.03. The first-order valence-electron chi connectivity index (χ1n) is 6.33. The summed E-state index contributed by atoms with van der Waals surface area (Å²) < 4.78 is 12.7. The van der Waals surface area contributed by atoms with Gasteiger partial charge in [0.2, 0.25) is 5.91 Å². The fourth-order valence-corrected chi connectivity index (χ4v) is 2.49. The van der Waals surface area contributed by atoms with Gasteiger partial charge < -0.3 is 10.4 Å². The first kappa shape index (κ1) is 13.0. The summed E-state index contributed by atoms with van der Waals surface area (Å²) >= 11 is 0. The van der Waals surface area contributed by atoms with E-state index in [1.165, 1.54) is 12.1 Å². The molecule has 3 nitrogen and oxygen atoms in total. The molecule has 2 unspecified atom stereocenters. The Bertz CT molecular complexity index is 405. The van der Waals surface area contributed by atoms with Crippen LogP contribution in [-0.4, -0.2) is 23.7 Å². The lowest BCUT2D eigenvalue weighted by Crippen LogP contribution is -2.39. The monoisotopic (exact) mass is 251 g/mol. The summed E-state index contributed by atoms with van der Waals surface area (Å²) in [5.41, 5.74) is 0.799. The zero-order valence-corrected chi connectivity index (χ0v) is 10.2. The van der Waals surface area contributed by atoms with E-state index in [9.17, 15) is 14.3 Å². The Balaban J connectivity index is 1.86. The molecule has 0 heterocycles. The molecule has 1 aliphatic carbocycles. The largest absolute Gasteiger partial charge is 0.396 e. The zero-order chi connectivity index (χ0) is 13.0. The number of nitrogens with one attached hydrogen (secondary N) is 1. The Labute approximate surface area is 106 Å². The Morgan fingerprint density at radius 1 is 1.33 bits per heavy atom. The minimum atomic E-state index is -0.296. The quantitative estimate of drug-likeness (QED) is 0.854. The van der Waals surface area contributed by atoms with Crippen LogP contribution >= 0.6 is 0 Å². The number of carbonyl (C=O) groups is 1. The minimum Gasteiger partial charge on any atom is -0.396 e. The SMILES string of the molecule is O=C(Cc1ccc(F)cc1)NC1CCCC1CO. The van der Waals surface area contributed by atoms with Crippen LogP contribution < -0.4 is 5.32 Å². The standard InChI is InChI=1S/C14H18FNO2/c15-12-6-4-10(5-7-12)8-14(18)16-13-3-1-2-11(13)9-17/h4-7,11,13,17H,1-3,8-9H2,(H,16,18). The average molecular weight is 251 g/mol. The second-order valence-electron chi connectivity index (χ2n) is 4.85. The van der Waals surface area contributed by atoms with Crippen molar-refractivity contribution in [3.05, 3.63) is 35.6 Å². The van der Waals surface area contributed by atoms with Gasteiger partial charge in [-0.25, -0.2) is 4.39 Å². The first-order valence-corrected chi connectivity index (χ1v) is 6.33. The Kier molecular flexibility index (Phi) is 4.31. The topological polar surface area (TPSA) is 49.3 Å². The van der Waals surface area contributed by atoms with E-state index in [0.29, 0.717) is 0 Å². The summed E-state index contributed by atoms with van der Waals surface area (Å²) in [5.74, 6) is -0.176. The molecular formula is C14H18FNO2. The van der Waals surface area contributed by atoms with Gasteiger partial charge in [-0.3, -0.25) is 4.79 Å². The highest BCUT2D eigenvalue weighted by molar-refractivity contribution is 5.78. The molecule has 2 N–H and O–H groups in total. The highest BCUT2D eigenvalue weighted by Crippen LogP contribution is 2.25. The molecule has 2 atom stereocenters. The van der Waals surface area contributed by atoms with Crippen molar-refractivity contribution in [3.8, 4) is 0 Å². The fourth-order valence-electron chi connectivity index (χ4n) is 2.49. The molecule has 18 heavy (non-hydrogen) atoms. The molecule has 0 bridgehead atoms. The molecule has 1 saturated carbocycles. The molecule has 98 valence electrons. The number of hydrogen-bond donors (Lipinski definition) is 2. The fraction of sp³-hybridized carbons (Fsp3) is 0.500. The lowest BCUT2D eigenvalue weighted by Gasteiger charge is -2.18. The van der Waals surface area contributed by atoms with E-state index in [-0.39, 0.29) is 36.7 Å². The molecule has 4 heteroatoms. The Morgan fingerprint density at radius 2 is 2.06 bits per heavy atom. The molecule has 1 aromatic rings. The second-order valence-corrected chi connectivity index (χ2v) is 4.85. The predicted molar refractivity (Wildman–Crippen MR) is 66.5 cm³/mol. The molecule has 1 amide bonds. The van der Waals surface area contributed by atoms with Crippen LogP contribution in [0, 0.1) is 11.7 Å². The van der Waals surface area contributed by atoms with Crippen LogP contribution in [0.25, 0.3) is 0 Å². The molecule has 0 spiro atoms. The van der Waals surface area contributed by atoms with Gasteiger partial charge in [-0.05, 0) is 30.5 Å². The summed E-state index contributed by atoms with van der Waals surface area (Å²) in [5, 5.41) is 12.1. The van der Waals surface area contributed by atoms with Crippen molar-refractivity contribution in [2.75, 3.05) is 6.61 Å². The van der Waals surface area contributed by atoms with Crippen LogP contribution in [0.2, 0.25) is 0 Å². The van der Waals surface area contributed by atoms with E-state index in [0.717, 1.165) is 24.8 Å². The third-order valence-corrected chi connectivity index (χ3v) is 3.52. The highest BCUT2D eigenvalue weighted by Gasteiger charge is 2.27. The number of aliphatic hydroxyl groups is 1. The molecular weight excluding hydrogens is 233 g/mol. The summed E-state index contributed by atoms with van der Waals surface area (Å²) in [7, 11) is 0. The Morgan fingerprint density at radius 3 is 2.72 bits per heavy atom. The van der Waals surface area contributed by atoms with Crippen molar-refractivity contribution in [2.24, 2.45) is 5.92 Å². The van der Waals surface area contributed by atoms with Crippen molar-refractivity contribution in [2.45, 2.75) is 31.7 Å². The van der Waals surface area contributed by atoms with Gasteiger partial charge in [0.1, 0.15) is 5.82 Å². The van der Waals surface area contributed by atoms with Crippen molar-refractivity contribution >= 4 is 5.91 Å². The highest BCUT2D eigenvalue weighted by atomic mass is 19.1. The van der Waals surface area contributed by atoms with Gasteiger partial charge in [0, 0.05) is 18.6 Å². The van der Waals surface area contributed by atoms with Crippen molar-refractivity contribution in [3.63, 3.8) is 0 Å². The van der Waals surface area contributed by atoms with E-state index in [1.54, 1.807) is 12.1 Å². The smallest absolute Gasteiger partial charge is 0.224 e. The van der Waals surface area contributed by atoms with E-state index in [4.69, 9.17) is 0 Å². The number of carbonyl (C=O) groups excluding carboxylic acids is 1. The van der Waals surface area contributed by atoms with E-state index in [2.05, 4.69) is 5.32 Å². The van der Waals surface area contributed by atoms with Gasteiger partial charge in [0.25, 0.3) is 0 Å². The molecule has 0 aromatic heterocycles. The van der Waals surface area contributed by atoms with Gasteiger partial charge >= 0.3 is 0 Å². The minimum absolute atomic E-state index is 0.0630. The van der Waals surface area contributed by atoms with Crippen LogP contribution in [0.5, 0.6) is 0 Å². The lowest BCUT2D eigenvalue weighted by atomic mass is 10.0. The van der Waals surface area contributed by atoms with Gasteiger partial charge in [-0.2, -0.15) is 0 Å². The normalized spacial score (nSPS) is 23.0. The number of benzene rings is 1. The van der Waals surface area contributed by atoms with Gasteiger partial charge in [-0.1, -0.05) is 18.6 Å². The number of halogens is 1. The molecule has 1 fully saturated rings. The van der Waals surface area contributed by atoms with Crippen molar-refractivity contribution in [1.29, 1.82) is 0 Å². The van der Waals surface area contributed by atoms with Crippen LogP contribution in [0.1, 0.15) is 24.8 Å². The maximum atomic E-state index is 12.7. The lowest BCUT2D eigenvalue weighted by molar-refractivity contribution is -0.121. The van der Waals surface area contributed by atoms with Crippen molar-refractivity contribution < 1.29 is 14.3 Å². The van der Waals surface area contributed by atoms with E-state index in [1.807, 2.05) is 0 Å². The maximum absolute atomic E-state index is 12.7. The summed E-state index contributed by atoms with van der Waals surface area (Å²) in [6.07, 6.45) is 3.21. The molecule has 1 aromatic carbocycles. The molecule has 0 aliphatic heterocycles. The Hall–Kier alpha value is -1.42. The average Bonchev–Trinajstić information content (AvgIpc) is 2.79. The summed E-state index contributed by atoms with van der Waals surface area (Å²) in [6.45, 7) is 0.126. The number of hydrogen-bond acceptors (Lipinski definition) is 2. The molecule has 0 radical (unpaired) electrons. The molecule has 2 rings (SSSR count).